The number of rotatable bonds is 6. The van der Waals surface area contributed by atoms with E-state index in [4.69, 9.17) is 0 Å². The summed E-state index contributed by atoms with van der Waals surface area (Å²) >= 11 is 1.63. The van der Waals surface area contributed by atoms with Gasteiger partial charge in [0.05, 0.1) is 18.4 Å². The first-order valence-corrected chi connectivity index (χ1v) is 8.28. The largest absolute Gasteiger partial charge is 0.299 e. The van der Waals surface area contributed by atoms with E-state index < -0.39 is 6.17 Å². The molecule has 2 aromatic heterocycles. The molecule has 1 aliphatic heterocycles. The van der Waals surface area contributed by atoms with Crippen LogP contribution in [-0.4, -0.2) is 62.1 Å². The standard InChI is InChI=1S/C14H21FN6S/c1-19(9-13-6-17-18-20(13)2)8-12-5-11(15)7-21(12)10-14-16-3-4-22-14/h3-4,6,11-12H,5,7-10H2,1-2H3/t11-,12-/m0/s1. The Bertz CT molecular complexity index is 586. The Balaban J connectivity index is 1.58. The lowest BCUT2D eigenvalue weighted by Crippen LogP contribution is -2.38. The van der Waals surface area contributed by atoms with E-state index in [-0.39, 0.29) is 6.04 Å². The van der Waals surface area contributed by atoms with Crippen LogP contribution < -0.4 is 0 Å². The normalized spacial score (nSPS) is 22.7. The summed E-state index contributed by atoms with van der Waals surface area (Å²) in [5, 5.41) is 10.9. The molecule has 8 heteroatoms. The van der Waals surface area contributed by atoms with Crippen molar-refractivity contribution in [3.05, 3.63) is 28.5 Å². The van der Waals surface area contributed by atoms with E-state index in [0.29, 0.717) is 13.0 Å². The van der Waals surface area contributed by atoms with Crippen molar-refractivity contribution in [3.63, 3.8) is 0 Å². The van der Waals surface area contributed by atoms with Gasteiger partial charge in [-0.1, -0.05) is 5.21 Å². The molecule has 3 rings (SSSR count). The molecule has 3 heterocycles. The number of halogens is 1. The van der Waals surface area contributed by atoms with Gasteiger partial charge in [-0.15, -0.1) is 16.4 Å². The second-order valence-electron chi connectivity index (χ2n) is 5.89. The molecule has 120 valence electrons. The number of nitrogens with zero attached hydrogens (tertiary/aromatic N) is 6. The summed E-state index contributed by atoms with van der Waals surface area (Å²) < 4.78 is 15.6. The second kappa shape index (κ2) is 6.80. The number of likely N-dealkylation sites (N-methyl/N-ethyl adjacent to an activating group) is 1. The van der Waals surface area contributed by atoms with Gasteiger partial charge in [-0.2, -0.15) is 0 Å². The first kappa shape index (κ1) is 15.5. The van der Waals surface area contributed by atoms with Crippen molar-refractivity contribution in [2.45, 2.75) is 31.7 Å². The van der Waals surface area contributed by atoms with Crippen molar-refractivity contribution >= 4 is 11.3 Å². The molecule has 0 N–H and O–H groups in total. The van der Waals surface area contributed by atoms with Gasteiger partial charge in [0.2, 0.25) is 0 Å². The lowest BCUT2D eigenvalue weighted by molar-refractivity contribution is 0.178. The number of hydrogen-bond donors (Lipinski definition) is 0. The van der Waals surface area contributed by atoms with Gasteiger partial charge in [0.1, 0.15) is 11.2 Å². The van der Waals surface area contributed by atoms with Crippen molar-refractivity contribution in [2.75, 3.05) is 20.1 Å². The summed E-state index contributed by atoms with van der Waals surface area (Å²) in [4.78, 5) is 8.73. The Morgan fingerprint density at radius 2 is 2.36 bits per heavy atom. The highest BCUT2D eigenvalue weighted by Crippen LogP contribution is 2.24. The Labute approximate surface area is 133 Å². The molecular formula is C14H21FN6S. The molecule has 0 bridgehead atoms. The molecule has 0 unspecified atom stereocenters. The molecule has 0 radical (unpaired) electrons. The van der Waals surface area contributed by atoms with Gasteiger partial charge in [-0.05, 0) is 13.5 Å². The number of hydrogen-bond acceptors (Lipinski definition) is 6. The van der Waals surface area contributed by atoms with E-state index in [1.165, 1.54) is 0 Å². The molecule has 0 saturated carbocycles. The van der Waals surface area contributed by atoms with Crippen molar-refractivity contribution in [1.29, 1.82) is 0 Å². The quantitative estimate of drug-likeness (QED) is 0.802. The van der Waals surface area contributed by atoms with Crippen LogP contribution in [-0.2, 0) is 20.1 Å². The van der Waals surface area contributed by atoms with Crippen LogP contribution >= 0.6 is 11.3 Å². The zero-order valence-electron chi connectivity index (χ0n) is 12.9. The zero-order valence-corrected chi connectivity index (χ0v) is 13.7. The van der Waals surface area contributed by atoms with Gasteiger partial charge in [0.15, 0.2) is 0 Å². The molecule has 0 aromatic carbocycles. The summed E-state index contributed by atoms with van der Waals surface area (Å²) in [6.07, 6.45) is 3.44. The van der Waals surface area contributed by atoms with Gasteiger partial charge >= 0.3 is 0 Å². The summed E-state index contributed by atoms with van der Waals surface area (Å²) in [5.41, 5.74) is 1.06. The summed E-state index contributed by atoms with van der Waals surface area (Å²) in [5.74, 6) is 0. The number of aryl methyl sites for hydroxylation is 1. The SMILES string of the molecule is CN(Cc1cnnn1C)C[C@@H]1C[C@H](F)CN1Cc1nccs1. The average Bonchev–Trinajstić information content (AvgIpc) is 3.16. The lowest BCUT2D eigenvalue weighted by Gasteiger charge is -2.27. The van der Waals surface area contributed by atoms with Crippen molar-refractivity contribution in [3.8, 4) is 0 Å². The van der Waals surface area contributed by atoms with Crippen LogP contribution in [0.4, 0.5) is 4.39 Å². The number of alkyl halides is 1. The maximum absolute atomic E-state index is 13.8. The average molecular weight is 324 g/mol. The minimum absolute atomic E-state index is 0.227. The van der Waals surface area contributed by atoms with Gasteiger partial charge in [-0.3, -0.25) is 14.5 Å². The summed E-state index contributed by atoms with van der Waals surface area (Å²) in [6.45, 7) is 2.84. The fourth-order valence-electron chi connectivity index (χ4n) is 2.97. The van der Waals surface area contributed by atoms with Crippen molar-refractivity contribution < 1.29 is 4.39 Å². The van der Waals surface area contributed by atoms with Gasteiger partial charge in [0.25, 0.3) is 0 Å². The fourth-order valence-corrected chi connectivity index (χ4v) is 3.61. The predicted octanol–water partition coefficient (Wildman–Crippen LogP) is 1.32. The van der Waals surface area contributed by atoms with Gasteiger partial charge < -0.3 is 0 Å². The van der Waals surface area contributed by atoms with E-state index in [0.717, 1.165) is 30.3 Å². The Kier molecular flexibility index (Phi) is 4.80. The minimum Gasteiger partial charge on any atom is -0.299 e. The van der Waals surface area contributed by atoms with Crippen LogP contribution in [0.1, 0.15) is 17.1 Å². The summed E-state index contributed by atoms with van der Waals surface area (Å²) in [7, 11) is 3.94. The molecule has 2 atom stereocenters. The first-order valence-electron chi connectivity index (χ1n) is 7.40. The van der Waals surface area contributed by atoms with E-state index in [9.17, 15) is 4.39 Å². The van der Waals surface area contributed by atoms with Crippen LogP contribution in [0.2, 0.25) is 0 Å². The van der Waals surface area contributed by atoms with Gasteiger partial charge in [0, 0.05) is 44.3 Å². The number of thiazole rings is 1. The van der Waals surface area contributed by atoms with Crippen molar-refractivity contribution in [2.24, 2.45) is 7.05 Å². The highest BCUT2D eigenvalue weighted by molar-refractivity contribution is 7.09. The van der Waals surface area contributed by atoms with E-state index in [1.807, 2.05) is 12.4 Å². The Morgan fingerprint density at radius 3 is 3.05 bits per heavy atom. The molecule has 2 aromatic rings. The highest BCUT2D eigenvalue weighted by Gasteiger charge is 2.33. The zero-order chi connectivity index (χ0) is 15.5. The van der Waals surface area contributed by atoms with Crippen molar-refractivity contribution in [1.82, 2.24) is 29.8 Å². The molecule has 0 spiro atoms. The molecule has 22 heavy (non-hydrogen) atoms. The van der Waals surface area contributed by atoms with E-state index in [1.54, 1.807) is 28.4 Å². The maximum Gasteiger partial charge on any atom is 0.114 e. The van der Waals surface area contributed by atoms with Crippen LogP contribution in [0.25, 0.3) is 0 Å². The molecule has 0 amide bonds. The third-order valence-electron chi connectivity index (χ3n) is 4.06. The summed E-state index contributed by atoms with van der Waals surface area (Å²) in [6, 6.07) is 0.227. The molecule has 1 saturated heterocycles. The highest BCUT2D eigenvalue weighted by atomic mass is 32.1. The van der Waals surface area contributed by atoms with Crippen LogP contribution in [0.5, 0.6) is 0 Å². The third-order valence-corrected chi connectivity index (χ3v) is 4.83. The minimum atomic E-state index is -0.739. The van der Waals surface area contributed by atoms with Crippen LogP contribution in [0.3, 0.4) is 0 Å². The molecule has 6 nitrogen and oxygen atoms in total. The van der Waals surface area contributed by atoms with Crippen LogP contribution in [0, 0.1) is 0 Å². The topological polar surface area (TPSA) is 50.1 Å². The maximum atomic E-state index is 13.8. The second-order valence-corrected chi connectivity index (χ2v) is 6.87. The first-order chi connectivity index (χ1) is 10.6. The van der Waals surface area contributed by atoms with E-state index >= 15 is 0 Å². The number of aromatic nitrogens is 4. The Morgan fingerprint density at radius 1 is 1.50 bits per heavy atom. The fraction of sp³-hybridized carbons (Fsp3) is 0.643. The molecular weight excluding hydrogens is 303 g/mol. The van der Waals surface area contributed by atoms with E-state index in [2.05, 4.69) is 32.1 Å². The smallest absolute Gasteiger partial charge is 0.114 e. The molecule has 1 fully saturated rings. The predicted molar refractivity (Wildman–Crippen MR) is 83.2 cm³/mol. The van der Waals surface area contributed by atoms with Crippen LogP contribution in [0.15, 0.2) is 17.8 Å². The monoisotopic (exact) mass is 324 g/mol. The lowest BCUT2D eigenvalue weighted by atomic mass is 10.2. The van der Waals surface area contributed by atoms with Gasteiger partial charge in [-0.25, -0.2) is 9.37 Å². The number of likely N-dealkylation sites (tertiary alicyclic amines) is 1. The Hall–Kier alpha value is -1.38. The third kappa shape index (κ3) is 3.68. The molecule has 1 aliphatic rings. The molecule has 0 aliphatic carbocycles.